The Morgan fingerprint density at radius 1 is 0.868 bits per heavy atom. The van der Waals surface area contributed by atoms with Gasteiger partial charge in [-0.2, -0.15) is 0 Å². The Morgan fingerprint density at radius 3 is 2.34 bits per heavy atom. The highest BCUT2D eigenvalue weighted by atomic mass is 16.6. The number of hydrogen-bond donors (Lipinski definition) is 0. The maximum Gasteiger partial charge on any atom is 0.379 e. The van der Waals surface area contributed by atoms with Crippen molar-refractivity contribution in [3.8, 4) is 34.5 Å². The molecular formula is C29H24O9. The lowest BCUT2D eigenvalue weighted by atomic mass is 10.0. The number of Topliss-reactive ketones (excluding diaryl/α,β-unsaturated/α-hetero) is 1. The maximum absolute atomic E-state index is 13.2. The fourth-order valence-electron chi connectivity index (χ4n) is 4.37. The standard InChI is InChI=1S/C29H24O9/c1-15-11-18(36-29(31)23-13-16-7-6-8-19(32-2)26(16)38-23)14-21-24(15)25(30)22(37-21)12-17-9-10-20(33-3)28(35-5)27(17)34-4/h6-14H,1-5H3/b22-12-. The van der Waals surface area contributed by atoms with Gasteiger partial charge in [0, 0.05) is 17.0 Å². The average Bonchev–Trinajstić information content (AvgIpc) is 3.49. The number of hydrogen-bond acceptors (Lipinski definition) is 9. The smallest absolute Gasteiger partial charge is 0.379 e. The highest BCUT2D eigenvalue weighted by Gasteiger charge is 2.31. The predicted octanol–water partition coefficient (Wildman–Crippen LogP) is 5.61. The third-order valence-electron chi connectivity index (χ3n) is 6.10. The number of benzene rings is 3. The van der Waals surface area contributed by atoms with Gasteiger partial charge in [0.2, 0.25) is 17.3 Å². The highest BCUT2D eigenvalue weighted by Crippen LogP contribution is 2.43. The number of aryl methyl sites for hydroxylation is 1. The first-order chi connectivity index (χ1) is 18.4. The first-order valence-corrected chi connectivity index (χ1v) is 11.5. The molecule has 0 radical (unpaired) electrons. The van der Waals surface area contributed by atoms with Gasteiger partial charge in [-0.15, -0.1) is 0 Å². The van der Waals surface area contributed by atoms with Crippen molar-refractivity contribution in [1.82, 2.24) is 0 Å². The van der Waals surface area contributed by atoms with Crippen molar-refractivity contribution < 1.29 is 42.4 Å². The van der Waals surface area contributed by atoms with Gasteiger partial charge in [0.05, 0.1) is 34.0 Å². The predicted molar refractivity (Wildman–Crippen MR) is 138 cm³/mol. The molecule has 0 atom stereocenters. The maximum atomic E-state index is 13.2. The van der Waals surface area contributed by atoms with Crippen LogP contribution in [-0.4, -0.2) is 40.2 Å². The van der Waals surface area contributed by atoms with Gasteiger partial charge in [0.15, 0.2) is 28.6 Å². The molecule has 0 saturated carbocycles. The van der Waals surface area contributed by atoms with Crippen LogP contribution in [0.25, 0.3) is 17.0 Å². The summed E-state index contributed by atoms with van der Waals surface area (Å²) in [7, 11) is 6.04. The minimum absolute atomic E-state index is 0.0146. The van der Waals surface area contributed by atoms with E-state index in [1.54, 1.807) is 55.5 Å². The summed E-state index contributed by atoms with van der Waals surface area (Å²) in [5.41, 5.74) is 1.97. The summed E-state index contributed by atoms with van der Waals surface area (Å²) in [5, 5.41) is 0.704. The van der Waals surface area contributed by atoms with Gasteiger partial charge in [0.1, 0.15) is 11.5 Å². The van der Waals surface area contributed by atoms with Gasteiger partial charge in [0.25, 0.3) is 0 Å². The number of para-hydroxylation sites is 1. The van der Waals surface area contributed by atoms with Gasteiger partial charge in [-0.3, -0.25) is 4.79 Å². The molecule has 0 fully saturated rings. The SMILES string of the molecule is COc1ccc(/C=C2\Oc3cc(OC(=O)c4cc5cccc(OC)c5o4)cc(C)c3C2=O)c(OC)c1OC. The van der Waals surface area contributed by atoms with Crippen LogP contribution < -0.4 is 28.4 Å². The number of ether oxygens (including phenoxy) is 6. The minimum atomic E-state index is -0.697. The number of furan rings is 1. The summed E-state index contributed by atoms with van der Waals surface area (Å²) >= 11 is 0. The van der Waals surface area contributed by atoms with E-state index in [-0.39, 0.29) is 28.8 Å². The molecule has 0 unspecified atom stereocenters. The van der Waals surface area contributed by atoms with Crippen molar-refractivity contribution in [1.29, 1.82) is 0 Å². The number of allylic oxidation sites excluding steroid dienone is 1. The number of ketones is 1. The van der Waals surface area contributed by atoms with Crippen molar-refractivity contribution in [2.75, 3.05) is 28.4 Å². The molecule has 1 aliphatic heterocycles. The third-order valence-corrected chi connectivity index (χ3v) is 6.10. The molecule has 0 spiro atoms. The first-order valence-electron chi connectivity index (χ1n) is 11.5. The molecule has 9 heteroatoms. The van der Waals surface area contributed by atoms with Crippen LogP contribution in [0.4, 0.5) is 0 Å². The van der Waals surface area contributed by atoms with Crippen molar-refractivity contribution in [3.05, 3.63) is 76.7 Å². The Morgan fingerprint density at radius 2 is 1.63 bits per heavy atom. The summed E-state index contributed by atoms with van der Waals surface area (Å²) in [6.45, 7) is 1.74. The molecule has 1 aliphatic rings. The molecule has 5 rings (SSSR count). The van der Waals surface area contributed by atoms with E-state index in [0.29, 0.717) is 50.7 Å². The molecule has 194 valence electrons. The number of fused-ring (bicyclic) bond motifs is 2. The Bertz CT molecular complexity index is 1610. The number of carbonyl (C=O) groups is 2. The third kappa shape index (κ3) is 4.17. The molecule has 0 amide bonds. The largest absolute Gasteiger partial charge is 0.493 e. The van der Waals surface area contributed by atoms with Gasteiger partial charge in [-0.05, 0) is 48.9 Å². The number of carbonyl (C=O) groups excluding carboxylic acids is 2. The van der Waals surface area contributed by atoms with E-state index in [1.807, 2.05) is 0 Å². The molecule has 0 saturated heterocycles. The topological polar surface area (TPSA) is 103 Å². The molecule has 38 heavy (non-hydrogen) atoms. The van der Waals surface area contributed by atoms with Crippen molar-refractivity contribution in [2.45, 2.75) is 6.92 Å². The van der Waals surface area contributed by atoms with E-state index in [1.165, 1.54) is 34.5 Å². The molecule has 1 aromatic heterocycles. The Kier molecular flexibility index (Phi) is 6.42. The van der Waals surface area contributed by atoms with E-state index in [4.69, 9.17) is 32.8 Å². The molecule has 2 heterocycles. The highest BCUT2D eigenvalue weighted by molar-refractivity contribution is 6.15. The minimum Gasteiger partial charge on any atom is -0.493 e. The van der Waals surface area contributed by atoms with Crippen LogP contribution >= 0.6 is 0 Å². The molecule has 0 aliphatic carbocycles. The zero-order valence-electron chi connectivity index (χ0n) is 21.4. The van der Waals surface area contributed by atoms with Crippen LogP contribution in [-0.2, 0) is 0 Å². The van der Waals surface area contributed by atoms with Crippen molar-refractivity contribution in [2.24, 2.45) is 0 Å². The van der Waals surface area contributed by atoms with E-state index < -0.39 is 5.97 Å². The van der Waals surface area contributed by atoms with E-state index in [2.05, 4.69) is 0 Å². The van der Waals surface area contributed by atoms with Crippen molar-refractivity contribution in [3.63, 3.8) is 0 Å². The molecule has 0 N–H and O–H groups in total. The lowest BCUT2D eigenvalue weighted by molar-refractivity contribution is 0.0703. The van der Waals surface area contributed by atoms with E-state index in [9.17, 15) is 9.59 Å². The van der Waals surface area contributed by atoms with Crippen LogP contribution in [0.15, 0.2) is 58.7 Å². The molecular weight excluding hydrogens is 492 g/mol. The zero-order chi connectivity index (χ0) is 27.0. The number of esters is 1. The van der Waals surface area contributed by atoms with Gasteiger partial charge >= 0.3 is 5.97 Å². The zero-order valence-corrected chi connectivity index (χ0v) is 21.4. The Labute approximate surface area is 218 Å². The van der Waals surface area contributed by atoms with Crippen LogP contribution in [0.2, 0.25) is 0 Å². The molecule has 9 nitrogen and oxygen atoms in total. The average molecular weight is 517 g/mol. The molecule has 3 aromatic carbocycles. The summed E-state index contributed by atoms with van der Waals surface area (Å²) in [6.07, 6.45) is 1.57. The van der Waals surface area contributed by atoms with Crippen LogP contribution in [0.1, 0.15) is 32.0 Å². The monoisotopic (exact) mass is 516 g/mol. The summed E-state index contributed by atoms with van der Waals surface area (Å²) in [4.78, 5) is 26.0. The Balaban J connectivity index is 1.43. The number of rotatable bonds is 7. The van der Waals surface area contributed by atoms with Gasteiger partial charge in [-0.1, -0.05) is 12.1 Å². The van der Waals surface area contributed by atoms with Crippen LogP contribution in [0, 0.1) is 6.92 Å². The molecule has 0 bridgehead atoms. The van der Waals surface area contributed by atoms with Gasteiger partial charge < -0.3 is 32.8 Å². The van der Waals surface area contributed by atoms with Crippen LogP contribution in [0.5, 0.6) is 34.5 Å². The van der Waals surface area contributed by atoms with Crippen LogP contribution in [0.3, 0.4) is 0 Å². The second kappa shape index (κ2) is 9.85. The second-order valence-electron chi connectivity index (χ2n) is 8.36. The summed E-state index contributed by atoms with van der Waals surface area (Å²) < 4.78 is 38.7. The fourth-order valence-corrected chi connectivity index (χ4v) is 4.37. The van der Waals surface area contributed by atoms with E-state index >= 15 is 0 Å². The fraction of sp³-hybridized carbons (Fsp3) is 0.172. The second-order valence-corrected chi connectivity index (χ2v) is 8.36. The first kappa shape index (κ1) is 24.8. The van der Waals surface area contributed by atoms with E-state index in [0.717, 1.165) is 0 Å². The van der Waals surface area contributed by atoms with Crippen molar-refractivity contribution >= 4 is 28.8 Å². The quantitative estimate of drug-likeness (QED) is 0.176. The summed E-state index contributed by atoms with van der Waals surface area (Å²) in [5.74, 6) is 1.34. The summed E-state index contributed by atoms with van der Waals surface area (Å²) in [6, 6.07) is 13.5. The lowest BCUT2D eigenvalue weighted by Crippen LogP contribution is -2.07. The molecule has 4 aromatic rings. The normalized spacial score (nSPS) is 13.3. The lowest BCUT2D eigenvalue weighted by Gasteiger charge is -2.14. The number of methoxy groups -OCH3 is 4. The van der Waals surface area contributed by atoms with Gasteiger partial charge in [-0.25, -0.2) is 4.79 Å². The Hall–Kier alpha value is -4.92.